The van der Waals surface area contributed by atoms with E-state index < -0.39 is 0 Å². The van der Waals surface area contributed by atoms with Crippen molar-refractivity contribution in [3.63, 3.8) is 0 Å². The highest BCUT2D eigenvalue weighted by Gasteiger charge is 2.13. The average Bonchev–Trinajstić information content (AvgIpc) is 3.32. The first-order valence-corrected chi connectivity index (χ1v) is 9.99. The molecule has 0 radical (unpaired) electrons. The van der Waals surface area contributed by atoms with Crippen molar-refractivity contribution in [2.24, 2.45) is 7.05 Å². The van der Waals surface area contributed by atoms with Crippen molar-refractivity contribution < 1.29 is 9.59 Å². The third-order valence-electron chi connectivity index (χ3n) is 3.66. The van der Waals surface area contributed by atoms with Crippen LogP contribution in [-0.4, -0.2) is 37.8 Å². The van der Waals surface area contributed by atoms with E-state index in [4.69, 9.17) is 0 Å². The van der Waals surface area contributed by atoms with Gasteiger partial charge < -0.3 is 10.6 Å². The Bertz CT molecular complexity index is 908. The number of carbonyl (C=O) groups excluding carboxylic acids is 2. The average molecular weight is 403 g/mol. The third kappa shape index (κ3) is 5.14. The zero-order valence-electron chi connectivity index (χ0n) is 14.7. The molecule has 3 rings (SSSR count). The van der Waals surface area contributed by atoms with Crippen molar-refractivity contribution in [1.82, 2.24) is 25.5 Å². The van der Waals surface area contributed by atoms with Gasteiger partial charge in [0.25, 0.3) is 5.91 Å². The van der Waals surface area contributed by atoms with Crippen LogP contribution in [0.15, 0.2) is 46.9 Å². The van der Waals surface area contributed by atoms with Crippen molar-refractivity contribution in [3.8, 4) is 0 Å². The first-order valence-electron chi connectivity index (χ1n) is 8.12. The van der Waals surface area contributed by atoms with Crippen LogP contribution in [0.25, 0.3) is 0 Å². The van der Waals surface area contributed by atoms with Crippen LogP contribution in [-0.2, 0) is 11.8 Å². The number of hydrogen-bond acceptors (Lipinski definition) is 7. The van der Waals surface area contributed by atoms with E-state index in [9.17, 15) is 9.59 Å². The largest absolute Gasteiger partial charge is 0.345 e. The fourth-order valence-electron chi connectivity index (χ4n) is 2.26. The van der Waals surface area contributed by atoms with E-state index in [1.807, 2.05) is 24.4 Å². The molecule has 0 aliphatic carbocycles. The maximum atomic E-state index is 12.3. The van der Waals surface area contributed by atoms with Crippen LogP contribution in [0.1, 0.15) is 28.2 Å². The molecule has 27 heavy (non-hydrogen) atoms. The Labute approximate surface area is 164 Å². The number of anilines is 1. The smallest absolute Gasteiger partial charge is 0.251 e. The predicted octanol–water partition coefficient (Wildman–Crippen LogP) is 2.49. The molecule has 1 aromatic carbocycles. The zero-order chi connectivity index (χ0) is 19.2. The van der Waals surface area contributed by atoms with Crippen LogP contribution in [0.4, 0.5) is 5.69 Å². The number of aromatic nitrogens is 4. The minimum atomic E-state index is -0.175. The fraction of sp³-hybridized carbons (Fsp3) is 0.235. The molecule has 0 saturated heterocycles. The molecule has 0 spiro atoms. The minimum absolute atomic E-state index is 0.0518. The molecule has 1 atom stereocenters. The van der Waals surface area contributed by atoms with Gasteiger partial charge in [0.2, 0.25) is 11.1 Å². The molecular weight excluding hydrogens is 384 g/mol. The lowest BCUT2D eigenvalue weighted by atomic mass is 10.1. The molecule has 2 aromatic heterocycles. The van der Waals surface area contributed by atoms with Crippen molar-refractivity contribution in [2.75, 3.05) is 11.1 Å². The molecular formula is C17H18N6O2S2. The third-order valence-corrected chi connectivity index (χ3v) is 5.73. The van der Waals surface area contributed by atoms with Gasteiger partial charge in [0, 0.05) is 23.2 Å². The summed E-state index contributed by atoms with van der Waals surface area (Å²) in [6, 6.07) is 10.7. The van der Waals surface area contributed by atoms with Gasteiger partial charge in [-0.3, -0.25) is 9.59 Å². The van der Waals surface area contributed by atoms with Crippen molar-refractivity contribution in [3.05, 3.63) is 52.2 Å². The molecule has 0 aliphatic rings. The van der Waals surface area contributed by atoms with Crippen LogP contribution in [0.3, 0.4) is 0 Å². The minimum Gasteiger partial charge on any atom is -0.345 e. The summed E-state index contributed by atoms with van der Waals surface area (Å²) in [5.41, 5.74) is 1.16. The first-order chi connectivity index (χ1) is 13.0. The monoisotopic (exact) mass is 402 g/mol. The Balaban J connectivity index is 1.51. The summed E-state index contributed by atoms with van der Waals surface area (Å²) in [6.07, 6.45) is 0. The van der Waals surface area contributed by atoms with Gasteiger partial charge in [-0.25, -0.2) is 4.68 Å². The van der Waals surface area contributed by atoms with Gasteiger partial charge >= 0.3 is 0 Å². The summed E-state index contributed by atoms with van der Waals surface area (Å²) in [5, 5.41) is 19.3. The number of benzene rings is 1. The number of nitrogens with one attached hydrogen (secondary N) is 2. The van der Waals surface area contributed by atoms with E-state index in [2.05, 4.69) is 26.2 Å². The van der Waals surface area contributed by atoms with Crippen LogP contribution < -0.4 is 10.6 Å². The molecule has 10 heteroatoms. The number of rotatable bonds is 7. The molecule has 2 amide bonds. The topological polar surface area (TPSA) is 102 Å². The van der Waals surface area contributed by atoms with E-state index >= 15 is 0 Å². The highest BCUT2D eigenvalue weighted by Crippen LogP contribution is 2.19. The van der Waals surface area contributed by atoms with Crippen LogP contribution in [0.2, 0.25) is 0 Å². The van der Waals surface area contributed by atoms with E-state index in [0.717, 1.165) is 4.88 Å². The van der Waals surface area contributed by atoms with Gasteiger partial charge in [-0.1, -0.05) is 17.8 Å². The number of aryl methyl sites for hydroxylation is 1. The Hall–Kier alpha value is -2.72. The number of amides is 2. The van der Waals surface area contributed by atoms with Gasteiger partial charge in [0.05, 0.1) is 11.8 Å². The molecule has 2 heterocycles. The van der Waals surface area contributed by atoms with Crippen molar-refractivity contribution in [2.45, 2.75) is 18.1 Å². The maximum absolute atomic E-state index is 12.3. The predicted molar refractivity (Wildman–Crippen MR) is 105 cm³/mol. The van der Waals surface area contributed by atoms with Gasteiger partial charge in [-0.05, 0) is 53.1 Å². The number of carbonyl (C=O) groups is 2. The molecule has 0 fully saturated rings. The van der Waals surface area contributed by atoms with Crippen molar-refractivity contribution >= 4 is 40.6 Å². The summed E-state index contributed by atoms with van der Waals surface area (Å²) < 4.78 is 1.50. The van der Waals surface area contributed by atoms with Crippen LogP contribution >= 0.6 is 23.1 Å². The lowest BCUT2D eigenvalue weighted by Crippen LogP contribution is -2.26. The SMILES string of the molecule is CC(NC(=O)c1ccc(NC(=O)CSc2nnnn2C)cc1)c1cccs1. The quantitative estimate of drug-likeness (QED) is 0.589. The number of hydrogen-bond donors (Lipinski definition) is 2. The van der Waals surface area contributed by atoms with Gasteiger partial charge in [0.1, 0.15) is 0 Å². The fourth-order valence-corrected chi connectivity index (χ4v) is 3.65. The van der Waals surface area contributed by atoms with Crippen LogP contribution in [0, 0.1) is 0 Å². The van der Waals surface area contributed by atoms with E-state index in [-0.39, 0.29) is 23.6 Å². The van der Waals surface area contributed by atoms with E-state index in [0.29, 0.717) is 16.4 Å². The standard InChI is InChI=1S/C17H18N6O2S2/c1-11(14-4-3-9-26-14)18-16(25)12-5-7-13(8-6-12)19-15(24)10-27-17-20-21-22-23(17)2/h3-9,11H,10H2,1-2H3,(H,18,25)(H,19,24). The van der Waals surface area contributed by atoms with Gasteiger partial charge in [0.15, 0.2) is 0 Å². The van der Waals surface area contributed by atoms with Gasteiger partial charge in [-0.2, -0.15) is 0 Å². The summed E-state index contributed by atoms with van der Waals surface area (Å²) in [6.45, 7) is 1.95. The van der Waals surface area contributed by atoms with E-state index in [1.54, 1.807) is 42.6 Å². The number of thiophene rings is 1. The summed E-state index contributed by atoms with van der Waals surface area (Å²) >= 11 is 2.85. The molecule has 0 bridgehead atoms. The molecule has 140 valence electrons. The second-order valence-electron chi connectivity index (χ2n) is 5.71. The summed E-state index contributed by atoms with van der Waals surface area (Å²) in [7, 11) is 1.71. The lowest BCUT2D eigenvalue weighted by molar-refractivity contribution is -0.113. The van der Waals surface area contributed by atoms with E-state index in [1.165, 1.54) is 16.4 Å². The Morgan fingerprint density at radius 1 is 1.26 bits per heavy atom. The molecule has 3 aromatic rings. The van der Waals surface area contributed by atoms with Crippen molar-refractivity contribution in [1.29, 1.82) is 0 Å². The molecule has 0 saturated carbocycles. The highest BCUT2D eigenvalue weighted by molar-refractivity contribution is 7.99. The Morgan fingerprint density at radius 3 is 2.67 bits per heavy atom. The summed E-state index contributed by atoms with van der Waals surface area (Å²) in [5.74, 6) is -0.139. The normalized spacial score (nSPS) is 11.8. The second-order valence-corrected chi connectivity index (χ2v) is 7.63. The number of tetrazole rings is 1. The highest BCUT2D eigenvalue weighted by atomic mass is 32.2. The molecule has 8 nitrogen and oxygen atoms in total. The molecule has 0 aliphatic heterocycles. The number of nitrogens with zero attached hydrogens (tertiary/aromatic N) is 4. The number of thioether (sulfide) groups is 1. The zero-order valence-corrected chi connectivity index (χ0v) is 16.4. The molecule has 2 N–H and O–H groups in total. The first kappa shape index (κ1) is 19.1. The van der Waals surface area contributed by atoms with Gasteiger partial charge in [-0.15, -0.1) is 16.4 Å². The molecule has 1 unspecified atom stereocenters. The maximum Gasteiger partial charge on any atom is 0.251 e. The summed E-state index contributed by atoms with van der Waals surface area (Å²) in [4.78, 5) is 25.5. The Morgan fingerprint density at radius 2 is 2.04 bits per heavy atom. The Kier molecular flexibility index (Phi) is 6.20. The lowest BCUT2D eigenvalue weighted by Gasteiger charge is -2.12. The van der Waals surface area contributed by atoms with Crippen LogP contribution in [0.5, 0.6) is 0 Å². The second kappa shape index (κ2) is 8.78.